The first kappa shape index (κ1) is 21.5. The lowest BCUT2D eigenvalue weighted by Crippen LogP contribution is -2.22. The van der Waals surface area contributed by atoms with E-state index >= 15 is 0 Å². The zero-order chi connectivity index (χ0) is 22.1. The van der Waals surface area contributed by atoms with Crippen molar-refractivity contribution in [3.05, 3.63) is 75.6 Å². The summed E-state index contributed by atoms with van der Waals surface area (Å²) in [6.45, 7) is 2.08. The highest BCUT2D eigenvalue weighted by molar-refractivity contribution is 7.98. The molecule has 9 heteroatoms. The van der Waals surface area contributed by atoms with Crippen molar-refractivity contribution in [1.29, 1.82) is 0 Å². The Morgan fingerprint density at radius 2 is 1.81 bits per heavy atom. The van der Waals surface area contributed by atoms with Gasteiger partial charge in [0.05, 0.1) is 22.7 Å². The molecule has 0 aliphatic rings. The van der Waals surface area contributed by atoms with Crippen molar-refractivity contribution >= 4 is 34.3 Å². The molecule has 1 atom stereocenters. The van der Waals surface area contributed by atoms with Gasteiger partial charge in [-0.05, 0) is 57.4 Å². The number of thioether (sulfide) groups is 1. The number of nitrogens with zero attached hydrogens (tertiary/aromatic N) is 6. The third-order valence-electron chi connectivity index (χ3n) is 5.30. The summed E-state index contributed by atoms with van der Waals surface area (Å²) in [5.74, 6) is 2.00. The standard InChI is InChI=1S/C22H23ClN6OS/c1-14(27(2)3)20-25-26-22(29(20)16-11-9-15(23)10-12-16)31-13-19-24-18-8-6-5-7-17(18)21(30)28(19)4/h5-12,14H,13H2,1-4H3. The molecule has 0 aliphatic heterocycles. The molecule has 0 radical (unpaired) electrons. The Morgan fingerprint density at radius 1 is 1.10 bits per heavy atom. The summed E-state index contributed by atoms with van der Waals surface area (Å²) in [7, 11) is 5.77. The van der Waals surface area contributed by atoms with Crippen molar-refractivity contribution in [1.82, 2.24) is 29.2 Å². The lowest BCUT2D eigenvalue weighted by molar-refractivity contribution is 0.305. The van der Waals surface area contributed by atoms with Crippen LogP contribution in [0.25, 0.3) is 16.6 Å². The van der Waals surface area contributed by atoms with Crippen LogP contribution in [0.5, 0.6) is 0 Å². The second kappa shape index (κ2) is 8.82. The van der Waals surface area contributed by atoms with Crippen molar-refractivity contribution in [2.24, 2.45) is 7.05 Å². The maximum Gasteiger partial charge on any atom is 0.261 e. The van der Waals surface area contributed by atoms with Gasteiger partial charge in [-0.3, -0.25) is 18.8 Å². The maximum atomic E-state index is 12.7. The Hall–Kier alpha value is -2.68. The molecule has 4 rings (SSSR count). The van der Waals surface area contributed by atoms with Crippen LogP contribution in [0.3, 0.4) is 0 Å². The fourth-order valence-corrected chi connectivity index (χ4v) is 4.30. The number of aromatic nitrogens is 5. The highest BCUT2D eigenvalue weighted by Gasteiger charge is 2.21. The largest absolute Gasteiger partial charge is 0.300 e. The predicted octanol–water partition coefficient (Wildman–Crippen LogP) is 4.08. The third-order valence-corrected chi connectivity index (χ3v) is 6.47. The number of hydrogen-bond acceptors (Lipinski definition) is 6. The van der Waals surface area contributed by atoms with Crippen molar-refractivity contribution in [3.63, 3.8) is 0 Å². The van der Waals surface area contributed by atoms with Crippen LogP contribution >= 0.6 is 23.4 Å². The third kappa shape index (κ3) is 4.23. The molecule has 31 heavy (non-hydrogen) atoms. The molecular formula is C22H23ClN6OS. The predicted molar refractivity (Wildman–Crippen MR) is 125 cm³/mol. The Bertz CT molecular complexity index is 1280. The Balaban J connectivity index is 1.72. The van der Waals surface area contributed by atoms with Gasteiger partial charge in [-0.15, -0.1) is 10.2 Å². The molecule has 0 N–H and O–H groups in total. The molecule has 2 heterocycles. The molecule has 2 aromatic heterocycles. The van der Waals surface area contributed by atoms with E-state index in [2.05, 4.69) is 22.0 Å². The minimum absolute atomic E-state index is 0.0534. The second-order valence-electron chi connectivity index (χ2n) is 7.49. The number of para-hydroxylation sites is 1. The minimum atomic E-state index is -0.0534. The number of rotatable bonds is 6. The van der Waals surface area contributed by atoms with Crippen molar-refractivity contribution in [2.75, 3.05) is 14.1 Å². The molecule has 1 unspecified atom stereocenters. The molecular weight excluding hydrogens is 432 g/mol. The van der Waals surface area contributed by atoms with E-state index in [0.717, 1.165) is 16.7 Å². The molecule has 4 aromatic rings. The minimum Gasteiger partial charge on any atom is -0.300 e. The maximum absolute atomic E-state index is 12.7. The van der Waals surface area contributed by atoms with Gasteiger partial charge in [0.15, 0.2) is 11.0 Å². The van der Waals surface area contributed by atoms with Gasteiger partial charge < -0.3 is 0 Å². The van der Waals surface area contributed by atoms with Crippen LogP contribution in [-0.2, 0) is 12.8 Å². The molecule has 0 saturated heterocycles. The number of halogens is 1. The van der Waals surface area contributed by atoms with Gasteiger partial charge >= 0.3 is 0 Å². The summed E-state index contributed by atoms with van der Waals surface area (Å²) >= 11 is 7.59. The van der Waals surface area contributed by atoms with Crippen LogP contribution in [0.15, 0.2) is 58.5 Å². The van der Waals surface area contributed by atoms with E-state index in [9.17, 15) is 4.79 Å². The van der Waals surface area contributed by atoms with Crippen LogP contribution in [-0.4, -0.2) is 43.3 Å². The zero-order valence-corrected chi connectivity index (χ0v) is 19.4. The van der Waals surface area contributed by atoms with Crippen molar-refractivity contribution < 1.29 is 0 Å². The first-order valence-electron chi connectivity index (χ1n) is 9.82. The molecule has 0 spiro atoms. The summed E-state index contributed by atoms with van der Waals surface area (Å²) in [5.41, 5.74) is 1.57. The van der Waals surface area contributed by atoms with Crippen molar-refractivity contribution in [2.45, 2.75) is 23.9 Å². The smallest absolute Gasteiger partial charge is 0.261 e. The van der Waals surface area contributed by atoms with Crippen molar-refractivity contribution in [3.8, 4) is 5.69 Å². The van der Waals surface area contributed by atoms with Gasteiger partial charge in [0.2, 0.25) is 0 Å². The Labute approximate surface area is 189 Å². The Morgan fingerprint density at radius 3 is 2.52 bits per heavy atom. The van der Waals surface area contributed by atoms with E-state index in [1.807, 2.05) is 61.1 Å². The molecule has 160 valence electrons. The number of hydrogen-bond donors (Lipinski definition) is 0. The molecule has 0 bridgehead atoms. The first-order chi connectivity index (χ1) is 14.9. The molecule has 2 aromatic carbocycles. The molecule has 0 amide bonds. The fourth-order valence-electron chi connectivity index (χ4n) is 3.23. The monoisotopic (exact) mass is 454 g/mol. The molecule has 0 aliphatic carbocycles. The van der Waals surface area contributed by atoms with Crippen LogP contribution in [0.1, 0.15) is 24.6 Å². The molecule has 0 saturated carbocycles. The summed E-state index contributed by atoms with van der Waals surface area (Å²) in [4.78, 5) is 19.5. The zero-order valence-electron chi connectivity index (χ0n) is 17.8. The van der Waals surface area contributed by atoms with Crippen LogP contribution in [0, 0.1) is 0 Å². The summed E-state index contributed by atoms with van der Waals surface area (Å²) < 4.78 is 3.63. The summed E-state index contributed by atoms with van der Waals surface area (Å²) in [6, 6.07) is 15.1. The summed E-state index contributed by atoms with van der Waals surface area (Å²) in [6.07, 6.45) is 0. The van der Waals surface area contributed by atoms with Gasteiger partial charge in [0.1, 0.15) is 5.82 Å². The second-order valence-corrected chi connectivity index (χ2v) is 8.87. The van der Waals surface area contributed by atoms with E-state index < -0.39 is 0 Å². The highest BCUT2D eigenvalue weighted by atomic mass is 35.5. The highest BCUT2D eigenvalue weighted by Crippen LogP contribution is 2.29. The average Bonchev–Trinajstić information content (AvgIpc) is 3.19. The van der Waals surface area contributed by atoms with Gasteiger partial charge in [-0.2, -0.15) is 0 Å². The van der Waals surface area contributed by atoms with Crippen LogP contribution < -0.4 is 5.56 Å². The van der Waals surface area contributed by atoms with Gasteiger partial charge in [0.25, 0.3) is 5.56 Å². The van der Waals surface area contributed by atoms with E-state index in [1.54, 1.807) is 17.7 Å². The summed E-state index contributed by atoms with van der Waals surface area (Å²) in [5, 5.41) is 10.9. The lowest BCUT2D eigenvalue weighted by atomic mass is 10.2. The van der Waals surface area contributed by atoms with Gasteiger partial charge in [-0.25, -0.2) is 4.98 Å². The van der Waals surface area contributed by atoms with Crippen LogP contribution in [0.4, 0.5) is 0 Å². The first-order valence-corrected chi connectivity index (χ1v) is 11.2. The Kier molecular flexibility index (Phi) is 6.13. The van der Waals surface area contributed by atoms with E-state index in [4.69, 9.17) is 16.6 Å². The lowest BCUT2D eigenvalue weighted by Gasteiger charge is -2.20. The molecule has 0 fully saturated rings. The van der Waals surface area contributed by atoms with Crippen LogP contribution in [0.2, 0.25) is 5.02 Å². The van der Waals surface area contributed by atoms with E-state index in [-0.39, 0.29) is 11.6 Å². The van der Waals surface area contributed by atoms with Gasteiger partial charge in [-0.1, -0.05) is 35.5 Å². The van der Waals surface area contributed by atoms with E-state index in [0.29, 0.717) is 27.5 Å². The SMILES string of the molecule is CC(c1nnc(SCc2nc3ccccc3c(=O)n2C)n1-c1ccc(Cl)cc1)N(C)C. The normalized spacial score (nSPS) is 12.6. The topological polar surface area (TPSA) is 68.8 Å². The number of fused-ring (bicyclic) bond motifs is 1. The number of benzene rings is 2. The quantitative estimate of drug-likeness (QED) is 0.409. The average molecular weight is 455 g/mol. The fraction of sp³-hybridized carbons (Fsp3) is 0.273. The van der Waals surface area contributed by atoms with E-state index in [1.165, 1.54) is 11.8 Å². The molecule has 7 nitrogen and oxygen atoms in total. The van der Waals surface area contributed by atoms with Gasteiger partial charge in [0, 0.05) is 17.8 Å².